The highest BCUT2D eigenvalue weighted by atomic mass is 15.3. The van der Waals surface area contributed by atoms with Crippen LogP contribution in [0.1, 0.15) is 6.92 Å². The number of piperazine rings is 1. The Hall–Kier alpha value is -2.53. The number of pyridine rings is 1. The molecule has 0 aliphatic carbocycles. The van der Waals surface area contributed by atoms with E-state index in [2.05, 4.69) is 44.5 Å². The van der Waals surface area contributed by atoms with Crippen molar-refractivity contribution in [2.45, 2.75) is 13.0 Å². The van der Waals surface area contributed by atoms with Gasteiger partial charge >= 0.3 is 0 Å². The summed E-state index contributed by atoms with van der Waals surface area (Å²) >= 11 is 0. The molecule has 5 heteroatoms. The predicted molar refractivity (Wildman–Crippen MR) is 92.4 cm³/mol. The number of nitrogens with one attached hydrogen (secondary N) is 1. The minimum absolute atomic E-state index is 0.400. The molecule has 1 N–H and O–H groups in total. The second kappa shape index (κ2) is 5.93. The Balaban J connectivity index is 1.89. The summed E-state index contributed by atoms with van der Waals surface area (Å²) < 4.78 is 0. The van der Waals surface area contributed by atoms with Crippen molar-refractivity contribution < 1.29 is 0 Å². The molecule has 1 atom stereocenters. The van der Waals surface area contributed by atoms with Crippen LogP contribution in [0.25, 0.3) is 22.0 Å². The number of benzene rings is 1. The number of aromatic nitrogens is 3. The molecule has 5 nitrogen and oxygen atoms in total. The number of anilines is 1. The van der Waals surface area contributed by atoms with Crippen molar-refractivity contribution in [3.8, 4) is 11.3 Å². The topological polar surface area (TPSA) is 53.9 Å². The Morgan fingerprint density at radius 3 is 2.78 bits per heavy atom. The van der Waals surface area contributed by atoms with E-state index in [-0.39, 0.29) is 0 Å². The lowest BCUT2D eigenvalue weighted by Crippen LogP contribution is -2.50. The highest BCUT2D eigenvalue weighted by Gasteiger charge is 2.22. The zero-order valence-corrected chi connectivity index (χ0v) is 13.1. The quantitative estimate of drug-likeness (QED) is 0.788. The Bertz CT molecular complexity index is 818. The summed E-state index contributed by atoms with van der Waals surface area (Å²) in [5.41, 5.74) is 1.96. The maximum Gasteiger partial charge on any atom is 0.159 e. The van der Waals surface area contributed by atoms with Gasteiger partial charge in [-0.3, -0.25) is 4.98 Å². The third-order valence-electron chi connectivity index (χ3n) is 4.38. The first-order chi connectivity index (χ1) is 11.3. The van der Waals surface area contributed by atoms with E-state index in [1.807, 2.05) is 36.7 Å². The third kappa shape index (κ3) is 2.53. The van der Waals surface area contributed by atoms with Gasteiger partial charge in [0.05, 0.1) is 0 Å². The zero-order valence-electron chi connectivity index (χ0n) is 13.1. The smallest absolute Gasteiger partial charge is 0.159 e. The van der Waals surface area contributed by atoms with Gasteiger partial charge in [0.15, 0.2) is 5.82 Å². The molecule has 1 aromatic carbocycles. The van der Waals surface area contributed by atoms with Gasteiger partial charge in [-0.15, -0.1) is 10.2 Å². The predicted octanol–water partition coefficient (Wildman–Crippen LogP) is 2.49. The number of nitrogens with zero attached hydrogens (tertiary/aromatic N) is 4. The van der Waals surface area contributed by atoms with E-state index < -0.39 is 0 Å². The normalized spacial score (nSPS) is 18.3. The van der Waals surface area contributed by atoms with Crippen LogP contribution in [0.3, 0.4) is 0 Å². The van der Waals surface area contributed by atoms with Crippen molar-refractivity contribution >= 4 is 16.6 Å². The average Bonchev–Trinajstić information content (AvgIpc) is 2.62. The molecular weight excluding hydrogens is 286 g/mol. The molecule has 1 saturated heterocycles. The Morgan fingerprint density at radius 1 is 1.09 bits per heavy atom. The summed E-state index contributed by atoms with van der Waals surface area (Å²) in [7, 11) is 0. The largest absolute Gasteiger partial charge is 0.349 e. The summed E-state index contributed by atoms with van der Waals surface area (Å²) in [5.74, 6) is 0.955. The monoisotopic (exact) mass is 305 g/mol. The van der Waals surface area contributed by atoms with Crippen molar-refractivity contribution in [3.63, 3.8) is 0 Å². The van der Waals surface area contributed by atoms with E-state index in [9.17, 15) is 0 Å². The van der Waals surface area contributed by atoms with Crippen LogP contribution in [0.15, 0.2) is 48.8 Å². The average molecular weight is 305 g/mol. The first-order valence-corrected chi connectivity index (χ1v) is 7.98. The molecule has 2 aromatic heterocycles. The highest BCUT2D eigenvalue weighted by Crippen LogP contribution is 2.31. The van der Waals surface area contributed by atoms with E-state index >= 15 is 0 Å². The fourth-order valence-electron chi connectivity index (χ4n) is 3.16. The molecule has 0 saturated carbocycles. The van der Waals surface area contributed by atoms with Crippen molar-refractivity contribution in [2.75, 3.05) is 24.5 Å². The summed E-state index contributed by atoms with van der Waals surface area (Å²) in [5, 5.41) is 14.7. The molecule has 1 aliphatic rings. The van der Waals surface area contributed by atoms with Gasteiger partial charge in [-0.2, -0.15) is 0 Å². The molecule has 1 fully saturated rings. The van der Waals surface area contributed by atoms with Gasteiger partial charge in [0, 0.05) is 54.4 Å². The molecule has 116 valence electrons. The minimum atomic E-state index is 0.400. The lowest BCUT2D eigenvalue weighted by Gasteiger charge is -2.35. The van der Waals surface area contributed by atoms with Crippen LogP contribution in [-0.2, 0) is 0 Å². The van der Waals surface area contributed by atoms with Gasteiger partial charge in [0.2, 0.25) is 0 Å². The van der Waals surface area contributed by atoms with E-state index in [0.717, 1.165) is 47.5 Å². The van der Waals surface area contributed by atoms with Crippen molar-refractivity contribution in [1.29, 1.82) is 0 Å². The first kappa shape index (κ1) is 14.1. The van der Waals surface area contributed by atoms with E-state index in [4.69, 9.17) is 0 Å². The molecule has 23 heavy (non-hydrogen) atoms. The second-order valence-corrected chi connectivity index (χ2v) is 5.91. The van der Waals surface area contributed by atoms with Crippen LogP contribution in [0.2, 0.25) is 0 Å². The highest BCUT2D eigenvalue weighted by molar-refractivity contribution is 5.99. The Morgan fingerprint density at radius 2 is 1.96 bits per heavy atom. The van der Waals surface area contributed by atoms with Crippen LogP contribution in [0, 0.1) is 0 Å². The first-order valence-electron chi connectivity index (χ1n) is 7.98. The zero-order chi connectivity index (χ0) is 15.6. The van der Waals surface area contributed by atoms with Crippen LogP contribution < -0.4 is 10.2 Å². The van der Waals surface area contributed by atoms with Crippen molar-refractivity contribution in [2.24, 2.45) is 0 Å². The molecule has 0 spiro atoms. The molecule has 0 bridgehead atoms. The lowest BCUT2D eigenvalue weighted by molar-refractivity contribution is 0.497. The standard InChI is InChI=1S/C18H19N5/c1-13-11-20-9-10-23(13)18-15-7-8-19-12-16(15)17(21-22-18)14-5-3-2-4-6-14/h2-8,12-13,20H,9-11H2,1H3/t13-/m1/s1. The summed E-state index contributed by atoms with van der Waals surface area (Å²) in [6.45, 7) is 5.09. The summed E-state index contributed by atoms with van der Waals surface area (Å²) in [4.78, 5) is 6.64. The molecule has 0 amide bonds. The third-order valence-corrected chi connectivity index (χ3v) is 4.38. The summed E-state index contributed by atoms with van der Waals surface area (Å²) in [6.07, 6.45) is 3.72. The van der Waals surface area contributed by atoms with Gasteiger partial charge in [0.1, 0.15) is 5.69 Å². The summed E-state index contributed by atoms with van der Waals surface area (Å²) in [6, 6.07) is 12.6. The second-order valence-electron chi connectivity index (χ2n) is 5.91. The molecule has 4 rings (SSSR count). The number of rotatable bonds is 2. The maximum atomic E-state index is 4.58. The Labute approximate surface area is 135 Å². The van der Waals surface area contributed by atoms with Crippen molar-refractivity contribution in [3.05, 3.63) is 48.8 Å². The number of hydrogen-bond donors (Lipinski definition) is 1. The van der Waals surface area contributed by atoms with Gasteiger partial charge in [-0.05, 0) is 13.0 Å². The van der Waals surface area contributed by atoms with E-state index in [1.54, 1.807) is 0 Å². The van der Waals surface area contributed by atoms with E-state index in [1.165, 1.54) is 0 Å². The molecule has 3 aromatic rings. The SMILES string of the molecule is C[C@@H]1CNCCN1c1nnc(-c2ccccc2)c2cnccc12. The van der Waals surface area contributed by atoms with Crippen LogP contribution in [0.4, 0.5) is 5.82 Å². The number of fused-ring (bicyclic) bond motifs is 1. The molecule has 1 aliphatic heterocycles. The fourth-order valence-corrected chi connectivity index (χ4v) is 3.16. The molecular formula is C18H19N5. The molecule has 0 unspecified atom stereocenters. The van der Waals surface area contributed by atoms with Crippen LogP contribution >= 0.6 is 0 Å². The maximum absolute atomic E-state index is 4.58. The molecule has 3 heterocycles. The minimum Gasteiger partial charge on any atom is -0.349 e. The van der Waals surface area contributed by atoms with Crippen LogP contribution in [0.5, 0.6) is 0 Å². The molecule has 0 radical (unpaired) electrons. The lowest BCUT2D eigenvalue weighted by atomic mass is 10.1. The fraction of sp³-hybridized carbons (Fsp3) is 0.278. The van der Waals surface area contributed by atoms with Gasteiger partial charge in [-0.1, -0.05) is 30.3 Å². The Kier molecular flexibility index (Phi) is 3.63. The van der Waals surface area contributed by atoms with E-state index in [0.29, 0.717) is 6.04 Å². The van der Waals surface area contributed by atoms with Crippen LogP contribution in [-0.4, -0.2) is 40.9 Å². The van der Waals surface area contributed by atoms with Gasteiger partial charge < -0.3 is 10.2 Å². The number of hydrogen-bond acceptors (Lipinski definition) is 5. The van der Waals surface area contributed by atoms with Gasteiger partial charge in [0.25, 0.3) is 0 Å². The van der Waals surface area contributed by atoms with Gasteiger partial charge in [-0.25, -0.2) is 0 Å². The van der Waals surface area contributed by atoms with Crippen molar-refractivity contribution in [1.82, 2.24) is 20.5 Å².